The second kappa shape index (κ2) is 6.52. The average molecular weight is 283 g/mol. The number of nitrogens with one attached hydrogen (secondary N) is 3. The van der Waals surface area contributed by atoms with E-state index < -0.39 is 34.4 Å². The normalized spacial score (nSPS) is 11.8. The highest BCUT2D eigenvalue weighted by Crippen LogP contribution is 2.05. The molecule has 0 aromatic rings. The molecule has 0 aromatic heterocycles. The van der Waals surface area contributed by atoms with E-state index in [1.165, 1.54) is 0 Å². The minimum atomic E-state index is -4.05. The molecule has 0 fully saturated rings. The van der Waals surface area contributed by atoms with Gasteiger partial charge in [0.1, 0.15) is 12.1 Å². The smallest absolute Gasteiger partial charge is 0.423 e. The number of esters is 1. The summed E-state index contributed by atoms with van der Waals surface area (Å²) in [7, 11) is -2.94. The summed E-state index contributed by atoms with van der Waals surface area (Å²) in [6, 6.07) is 0. The van der Waals surface area contributed by atoms with Crippen molar-refractivity contribution in [2.24, 2.45) is 0 Å². The quantitative estimate of drug-likeness (QED) is 0.440. The minimum Gasteiger partial charge on any atom is -0.468 e. The Morgan fingerprint density at radius 2 is 1.78 bits per heavy atom. The molecule has 0 rings (SSSR count). The first-order chi connectivity index (χ1) is 8.06. The Kier molecular flexibility index (Phi) is 6.01. The van der Waals surface area contributed by atoms with Gasteiger partial charge in [0.2, 0.25) is 0 Å². The van der Waals surface area contributed by atoms with Crippen LogP contribution in [0.2, 0.25) is 0 Å². The van der Waals surface area contributed by atoms with Crippen molar-refractivity contribution in [3.63, 3.8) is 0 Å². The van der Waals surface area contributed by atoms with Gasteiger partial charge in [-0.1, -0.05) is 0 Å². The SMILES string of the molecule is COC(=O)CNS(=O)(=O)NNC(=O)OC(C)(C)C. The summed E-state index contributed by atoms with van der Waals surface area (Å²) < 4.78 is 33.3. The molecule has 9 nitrogen and oxygen atoms in total. The molecule has 0 heterocycles. The van der Waals surface area contributed by atoms with E-state index in [4.69, 9.17) is 4.74 Å². The Hall–Kier alpha value is -1.39. The summed E-state index contributed by atoms with van der Waals surface area (Å²) in [6.45, 7) is 4.31. The van der Waals surface area contributed by atoms with E-state index in [1.54, 1.807) is 25.6 Å². The predicted octanol–water partition coefficient (Wildman–Crippen LogP) is -0.977. The van der Waals surface area contributed by atoms with Crippen LogP contribution in [0.3, 0.4) is 0 Å². The fourth-order valence-corrected chi connectivity index (χ4v) is 1.27. The molecule has 0 atom stereocenters. The van der Waals surface area contributed by atoms with E-state index in [-0.39, 0.29) is 0 Å². The third-order valence-electron chi connectivity index (χ3n) is 1.32. The number of hydrogen-bond donors (Lipinski definition) is 3. The molecule has 0 aliphatic carbocycles. The minimum absolute atomic E-state index is 0.554. The van der Waals surface area contributed by atoms with Crippen LogP contribution in [0.4, 0.5) is 4.79 Å². The highest BCUT2D eigenvalue weighted by Gasteiger charge is 2.18. The number of hydrogen-bond acceptors (Lipinski definition) is 6. The van der Waals surface area contributed by atoms with Crippen LogP contribution in [0, 0.1) is 0 Å². The van der Waals surface area contributed by atoms with Crippen molar-refractivity contribution in [1.29, 1.82) is 0 Å². The number of hydrazine groups is 1. The van der Waals surface area contributed by atoms with Gasteiger partial charge in [-0.3, -0.25) is 4.79 Å². The van der Waals surface area contributed by atoms with Crippen molar-refractivity contribution in [2.75, 3.05) is 13.7 Å². The van der Waals surface area contributed by atoms with Gasteiger partial charge in [-0.15, -0.1) is 4.83 Å². The fourth-order valence-electron chi connectivity index (χ4n) is 0.675. The van der Waals surface area contributed by atoms with Crippen molar-refractivity contribution >= 4 is 22.3 Å². The van der Waals surface area contributed by atoms with Gasteiger partial charge in [0.25, 0.3) is 10.2 Å². The standard InChI is InChI=1S/C8H17N3O6S/c1-8(2,3)17-7(13)10-11-18(14,15)9-5-6(12)16-4/h9,11H,5H2,1-4H3,(H,10,13). The highest BCUT2D eigenvalue weighted by atomic mass is 32.2. The first kappa shape index (κ1) is 16.6. The van der Waals surface area contributed by atoms with E-state index >= 15 is 0 Å². The van der Waals surface area contributed by atoms with Gasteiger partial charge in [-0.2, -0.15) is 13.1 Å². The van der Waals surface area contributed by atoms with Crippen molar-refractivity contribution < 1.29 is 27.5 Å². The molecule has 0 aliphatic heterocycles. The van der Waals surface area contributed by atoms with Crippen LogP contribution in [-0.4, -0.2) is 39.7 Å². The van der Waals surface area contributed by atoms with Crippen molar-refractivity contribution in [2.45, 2.75) is 26.4 Å². The third kappa shape index (κ3) is 8.73. The summed E-state index contributed by atoms with van der Waals surface area (Å²) in [6.07, 6.45) is -0.967. The van der Waals surface area contributed by atoms with E-state index in [0.29, 0.717) is 0 Å². The second-order valence-corrected chi connectivity index (χ2v) is 5.63. The molecule has 0 aliphatic rings. The molecule has 0 radical (unpaired) electrons. The van der Waals surface area contributed by atoms with Crippen LogP contribution < -0.4 is 15.0 Å². The van der Waals surface area contributed by atoms with Crippen molar-refractivity contribution in [3.05, 3.63) is 0 Å². The molecule has 0 unspecified atom stereocenters. The lowest BCUT2D eigenvalue weighted by atomic mass is 10.2. The topological polar surface area (TPSA) is 123 Å². The van der Waals surface area contributed by atoms with Crippen LogP contribution >= 0.6 is 0 Å². The number of amides is 1. The van der Waals surface area contributed by atoms with Gasteiger partial charge in [-0.25, -0.2) is 10.2 Å². The van der Waals surface area contributed by atoms with Gasteiger partial charge < -0.3 is 9.47 Å². The van der Waals surface area contributed by atoms with Gasteiger partial charge in [-0.05, 0) is 20.8 Å². The molecular weight excluding hydrogens is 266 g/mol. The number of methoxy groups -OCH3 is 1. The van der Waals surface area contributed by atoms with E-state index in [0.717, 1.165) is 7.11 Å². The maximum atomic E-state index is 11.2. The Labute approximate surface area is 105 Å². The van der Waals surface area contributed by atoms with Crippen LogP contribution in [-0.2, 0) is 24.5 Å². The fraction of sp³-hybridized carbons (Fsp3) is 0.750. The predicted molar refractivity (Wildman–Crippen MR) is 61.4 cm³/mol. The lowest BCUT2D eigenvalue weighted by molar-refractivity contribution is -0.139. The molecule has 106 valence electrons. The van der Waals surface area contributed by atoms with E-state index in [1.807, 2.05) is 10.1 Å². The zero-order valence-electron chi connectivity index (χ0n) is 10.6. The molecular formula is C8H17N3O6S. The first-order valence-electron chi connectivity index (χ1n) is 4.88. The van der Waals surface area contributed by atoms with Crippen LogP contribution in [0.5, 0.6) is 0 Å². The molecule has 0 saturated carbocycles. The number of ether oxygens (including phenoxy) is 2. The zero-order valence-corrected chi connectivity index (χ0v) is 11.4. The summed E-state index contributed by atoms with van der Waals surface area (Å²) in [5.74, 6) is -0.766. The molecule has 3 N–H and O–H groups in total. The Balaban J connectivity index is 4.12. The summed E-state index contributed by atoms with van der Waals surface area (Å²) in [4.78, 5) is 23.5. The molecule has 0 aromatic carbocycles. The Morgan fingerprint density at radius 1 is 1.22 bits per heavy atom. The van der Waals surface area contributed by atoms with Crippen molar-refractivity contribution in [3.8, 4) is 0 Å². The Morgan fingerprint density at radius 3 is 2.22 bits per heavy atom. The summed E-state index contributed by atoms with van der Waals surface area (Å²) >= 11 is 0. The molecule has 10 heteroatoms. The number of rotatable bonds is 5. The van der Waals surface area contributed by atoms with Gasteiger partial charge in [0.15, 0.2) is 0 Å². The molecule has 0 saturated heterocycles. The van der Waals surface area contributed by atoms with Gasteiger partial charge >= 0.3 is 12.1 Å². The van der Waals surface area contributed by atoms with E-state index in [9.17, 15) is 18.0 Å². The maximum absolute atomic E-state index is 11.2. The number of carbonyl (C=O) groups is 2. The third-order valence-corrected chi connectivity index (χ3v) is 2.22. The molecule has 0 bridgehead atoms. The zero-order chi connectivity index (χ0) is 14.4. The van der Waals surface area contributed by atoms with Crippen LogP contribution in [0.1, 0.15) is 20.8 Å². The van der Waals surface area contributed by atoms with Crippen LogP contribution in [0.15, 0.2) is 0 Å². The van der Waals surface area contributed by atoms with Crippen LogP contribution in [0.25, 0.3) is 0 Å². The number of carbonyl (C=O) groups excluding carboxylic acids is 2. The monoisotopic (exact) mass is 283 g/mol. The van der Waals surface area contributed by atoms with Gasteiger partial charge in [0.05, 0.1) is 7.11 Å². The lowest BCUT2D eigenvalue weighted by Gasteiger charge is -2.19. The summed E-state index contributed by atoms with van der Waals surface area (Å²) in [5.41, 5.74) is 1.05. The highest BCUT2D eigenvalue weighted by molar-refractivity contribution is 7.87. The lowest BCUT2D eigenvalue weighted by Crippen LogP contribution is -2.49. The molecule has 0 spiro atoms. The Bertz CT molecular complexity index is 400. The molecule has 1 amide bonds. The van der Waals surface area contributed by atoms with Crippen molar-refractivity contribution in [1.82, 2.24) is 15.0 Å². The largest absolute Gasteiger partial charge is 0.468 e. The average Bonchev–Trinajstić information content (AvgIpc) is 2.21. The molecule has 18 heavy (non-hydrogen) atoms. The summed E-state index contributed by atoms with van der Waals surface area (Å²) in [5, 5.41) is 0. The second-order valence-electron chi connectivity index (χ2n) is 4.13. The first-order valence-corrected chi connectivity index (χ1v) is 6.36. The maximum Gasteiger partial charge on any atom is 0.423 e. The van der Waals surface area contributed by atoms with Gasteiger partial charge in [0, 0.05) is 0 Å². The van der Waals surface area contributed by atoms with E-state index in [2.05, 4.69) is 4.74 Å².